The number of benzene rings is 1. The standard InChI is InChI=1S/C26H32N4O3/c1-5-6-7-23-15(3)14(2)21(12-28-23)20-8-17-9-24(29-13-22(17)25(27)16(20)4)30-26(32)33-19-10-18(31)11-19/h8-9,12-13,18-19,31H,5-7,10-11,27H2,1-4H3,(H,29,30,32). The summed E-state index contributed by atoms with van der Waals surface area (Å²) in [5.74, 6) is 0.391. The molecule has 33 heavy (non-hydrogen) atoms. The van der Waals surface area contributed by atoms with Crippen molar-refractivity contribution in [2.24, 2.45) is 0 Å². The number of unbranched alkanes of at least 4 members (excludes halogenated alkanes) is 1. The third-order valence-electron chi connectivity index (χ3n) is 6.71. The molecule has 4 N–H and O–H groups in total. The Morgan fingerprint density at radius 2 is 1.88 bits per heavy atom. The molecule has 0 aliphatic heterocycles. The maximum atomic E-state index is 12.2. The van der Waals surface area contributed by atoms with Crippen molar-refractivity contribution < 1.29 is 14.6 Å². The van der Waals surface area contributed by atoms with Crippen molar-refractivity contribution in [2.45, 2.75) is 72.0 Å². The molecule has 0 spiro atoms. The number of aromatic nitrogens is 2. The van der Waals surface area contributed by atoms with Crippen LogP contribution in [0.3, 0.4) is 0 Å². The van der Waals surface area contributed by atoms with Gasteiger partial charge < -0.3 is 15.6 Å². The van der Waals surface area contributed by atoms with E-state index < -0.39 is 6.09 Å². The Labute approximate surface area is 194 Å². The summed E-state index contributed by atoms with van der Waals surface area (Å²) in [6, 6.07) is 3.88. The number of ether oxygens (including phenoxy) is 1. The van der Waals surface area contributed by atoms with Crippen molar-refractivity contribution in [1.29, 1.82) is 0 Å². The quantitative estimate of drug-likeness (QED) is 0.446. The zero-order valence-electron chi connectivity index (χ0n) is 19.7. The number of nitrogens with zero attached hydrogens (tertiary/aromatic N) is 2. The first-order valence-electron chi connectivity index (χ1n) is 11.6. The van der Waals surface area contributed by atoms with Gasteiger partial charge >= 0.3 is 6.09 Å². The number of carbonyl (C=O) groups excluding carboxylic acids is 1. The minimum Gasteiger partial charge on any atom is -0.446 e. The molecular formula is C26H32N4O3. The Morgan fingerprint density at radius 3 is 2.58 bits per heavy atom. The van der Waals surface area contributed by atoms with Crippen LogP contribution in [0.4, 0.5) is 16.3 Å². The van der Waals surface area contributed by atoms with Gasteiger partial charge in [0.05, 0.1) is 6.10 Å². The average molecular weight is 449 g/mol. The highest BCUT2D eigenvalue weighted by atomic mass is 16.6. The molecule has 0 bridgehead atoms. The minimum atomic E-state index is -0.572. The molecule has 1 saturated carbocycles. The maximum absolute atomic E-state index is 12.2. The first-order valence-corrected chi connectivity index (χ1v) is 11.6. The van der Waals surface area contributed by atoms with Crippen molar-refractivity contribution in [3.8, 4) is 11.1 Å². The molecule has 7 nitrogen and oxygen atoms in total. The van der Waals surface area contributed by atoms with Crippen LogP contribution in [-0.4, -0.2) is 33.4 Å². The smallest absolute Gasteiger partial charge is 0.413 e. The normalized spacial score (nSPS) is 17.6. The lowest BCUT2D eigenvalue weighted by Gasteiger charge is -2.30. The Kier molecular flexibility index (Phi) is 6.51. The Morgan fingerprint density at radius 1 is 1.12 bits per heavy atom. The zero-order valence-corrected chi connectivity index (χ0v) is 19.7. The highest BCUT2D eigenvalue weighted by molar-refractivity contribution is 6.00. The summed E-state index contributed by atoms with van der Waals surface area (Å²) in [5.41, 5.74) is 13.8. The molecule has 0 radical (unpaired) electrons. The van der Waals surface area contributed by atoms with Gasteiger partial charge in [0.15, 0.2) is 0 Å². The van der Waals surface area contributed by atoms with Crippen LogP contribution in [-0.2, 0) is 11.2 Å². The second-order valence-electron chi connectivity index (χ2n) is 9.00. The van der Waals surface area contributed by atoms with E-state index in [-0.39, 0.29) is 12.2 Å². The Balaban J connectivity index is 1.66. The lowest BCUT2D eigenvalue weighted by atomic mass is 9.91. The molecule has 7 heteroatoms. The van der Waals surface area contributed by atoms with E-state index in [1.807, 2.05) is 13.1 Å². The molecule has 0 atom stereocenters. The fourth-order valence-electron chi connectivity index (χ4n) is 4.32. The third-order valence-corrected chi connectivity index (χ3v) is 6.71. The maximum Gasteiger partial charge on any atom is 0.413 e. The van der Waals surface area contributed by atoms with Crippen LogP contribution in [0, 0.1) is 20.8 Å². The number of anilines is 2. The number of hydrogen-bond donors (Lipinski definition) is 3. The number of pyridine rings is 2. The van der Waals surface area contributed by atoms with Crippen LogP contribution < -0.4 is 11.1 Å². The molecule has 1 amide bonds. The number of hydrogen-bond acceptors (Lipinski definition) is 6. The second kappa shape index (κ2) is 9.35. The number of rotatable bonds is 6. The van der Waals surface area contributed by atoms with Gasteiger partial charge in [0.2, 0.25) is 0 Å². The first-order chi connectivity index (χ1) is 15.8. The van der Waals surface area contributed by atoms with Gasteiger partial charge in [-0.2, -0.15) is 0 Å². The van der Waals surface area contributed by atoms with Crippen molar-refractivity contribution in [1.82, 2.24) is 9.97 Å². The van der Waals surface area contributed by atoms with E-state index in [9.17, 15) is 9.90 Å². The number of nitrogen functional groups attached to an aromatic ring is 1. The van der Waals surface area contributed by atoms with E-state index >= 15 is 0 Å². The van der Waals surface area contributed by atoms with Crippen molar-refractivity contribution in [3.63, 3.8) is 0 Å². The van der Waals surface area contributed by atoms with Crippen molar-refractivity contribution in [3.05, 3.63) is 46.9 Å². The first kappa shape index (κ1) is 23.0. The van der Waals surface area contributed by atoms with Gasteiger partial charge in [-0.25, -0.2) is 9.78 Å². The van der Waals surface area contributed by atoms with Gasteiger partial charge in [0, 0.05) is 47.6 Å². The molecule has 1 fully saturated rings. The summed E-state index contributed by atoms with van der Waals surface area (Å²) in [6.07, 6.45) is 6.63. The van der Waals surface area contributed by atoms with Crippen LogP contribution in [0.15, 0.2) is 24.5 Å². The van der Waals surface area contributed by atoms with E-state index in [1.54, 1.807) is 12.3 Å². The fraction of sp³-hybridized carbons (Fsp3) is 0.423. The number of fused-ring (bicyclic) bond motifs is 1. The van der Waals surface area contributed by atoms with Gasteiger partial charge in [-0.05, 0) is 73.4 Å². The summed E-state index contributed by atoms with van der Waals surface area (Å²) >= 11 is 0. The van der Waals surface area contributed by atoms with Gasteiger partial charge in [-0.15, -0.1) is 0 Å². The predicted octanol–water partition coefficient (Wildman–Crippen LogP) is 5.22. The molecule has 174 valence electrons. The van der Waals surface area contributed by atoms with Crippen LogP contribution in [0.1, 0.15) is 55.0 Å². The van der Waals surface area contributed by atoms with Gasteiger partial charge in [0.1, 0.15) is 11.9 Å². The van der Waals surface area contributed by atoms with Gasteiger partial charge in [0.25, 0.3) is 0 Å². The monoisotopic (exact) mass is 448 g/mol. The molecule has 4 rings (SSSR count). The second-order valence-corrected chi connectivity index (χ2v) is 9.00. The van der Waals surface area contributed by atoms with E-state index in [0.29, 0.717) is 24.3 Å². The van der Waals surface area contributed by atoms with E-state index in [1.165, 1.54) is 11.1 Å². The van der Waals surface area contributed by atoms with Crippen molar-refractivity contribution in [2.75, 3.05) is 11.1 Å². The van der Waals surface area contributed by atoms with E-state index in [2.05, 4.69) is 37.1 Å². The highest BCUT2D eigenvalue weighted by Gasteiger charge is 2.30. The summed E-state index contributed by atoms with van der Waals surface area (Å²) in [4.78, 5) is 21.3. The third kappa shape index (κ3) is 4.64. The summed E-state index contributed by atoms with van der Waals surface area (Å²) in [7, 11) is 0. The van der Waals surface area contributed by atoms with Crippen molar-refractivity contribution >= 4 is 28.4 Å². The number of aliphatic hydroxyl groups excluding tert-OH is 1. The lowest BCUT2D eigenvalue weighted by Crippen LogP contribution is -2.37. The molecule has 3 aromatic rings. The summed E-state index contributed by atoms with van der Waals surface area (Å²) in [5, 5.41) is 13.8. The van der Waals surface area contributed by atoms with Gasteiger partial charge in [-0.3, -0.25) is 10.3 Å². The molecule has 0 unspecified atom stereocenters. The van der Waals surface area contributed by atoms with Crippen LogP contribution in [0.25, 0.3) is 21.9 Å². The fourth-order valence-corrected chi connectivity index (χ4v) is 4.32. The molecule has 1 aliphatic carbocycles. The molecule has 2 heterocycles. The molecular weight excluding hydrogens is 416 g/mol. The molecule has 1 aromatic carbocycles. The number of nitrogens with one attached hydrogen (secondary N) is 1. The van der Waals surface area contributed by atoms with Crippen LogP contribution >= 0.6 is 0 Å². The summed E-state index contributed by atoms with van der Waals surface area (Å²) in [6.45, 7) is 8.47. The highest BCUT2D eigenvalue weighted by Crippen LogP contribution is 2.37. The van der Waals surface area contributed by atoms with E-state index in [0.717, 1.165) is 52.4 Å². The molecule has 1 aliphatic rings. The minimum absolute atomic E-state index is 0.246. The number of aliphatic hydroxyl groups is 1. The predicted molar refractivity (Wildman–Crippen MR) is 131 cm³/mol. The number of carbonyl (C=O) groups is 1. The molecule has 0 saturated heterocycles. The summed E-state index contributed by atoms with van der Waals surface area (Å²) < 4.78 is 5.29. The molecule has 2 aromatic heterocycles. The number of nitrogens with two attached hydrogens (primary N) is 1. The Bertz CT molecular complexity index is 1200. The number of amides is 1. The SMILES string of the molecule is CCCCc1ncc(-c2cc3cc(NC(=O)OC4CC(O)C4)ncc3c(N)c2C)c(C)c1C. The van der Waals surface area contributed by atoms with Crippen LogP contribution in [0.2, 0.25) is 0 Å². The number of aryl methyl sites for hydroxylation is 1. The lowest BCUT2D eigenvalue weighted by molar-refractivity contribution is -0.0308. The van der Waals surface area contributed by atoms with Gasteiger partial charge in [-0.1, -0.05) is 13.3 Å². The topological polar surface area (TPSA) is 110 Å². The van der Waals surface area contributed by atoms with E-state index in [4.69, 9.17) is 15.5 Å². The average Bonchev–Trinajstić information content (AvgIpc) is 2.76. The Hall–Kier alpha value is -3.19. The van der Waals surface area contributed by atoms with Crippen LogP contribution in [0.5, 0.6) is 0 Å². The zero-order chi connectivity index (χ0) is 23.7. The largest absolute Gasteiger partial charge is 0.446 e.